The van der Waals surface area contributed by atoms with Crippen LogP contribution in [0.25, 0.3) is 0 Å². The van der Waals surface area contributed by atoms with Crippen LogP contribution in [0.1, 0.15) is 5.56 Å². The number of morpholine rings is 1. The highest BCUT2D eigenvalue weighted by atomic mass is 32.2. The van der Waals surface area contributed by atoms with Crippen LogP contribution < -0.4 is 11.2 Å². The van der Waals surface area contributed by atoms with Crippen molar-refractivity contribution in [1.82, 2.24) is 14.5 Å². The number of benzene rings is 1. The average molecular weight is 377 g/mol. The molecule has 0 saturated carbocycles. The van der Waals surface area contributed by atoms with E-state index < -0.39 is 5.69 Å². The molecule has 0 amide bonds. The number of nitrogens with one attached hydrogen (secondary N) is 1. The van der Waals surface area contributed by atoms with Gasteiger partial charge in [-0.15, -0.1) is 0 Å². The highest BCUT2D eigenvalue weighted by Gasteiger charge is 2.14. The number of nitrogens with zero attached hydrogens (tertiary/aromatic N) is 2. The summed E-state index contributed by atoms with van der Waals surface area (Å²) in [7, 11) is 0. The number of hydrogen-bond acceptors (Lipinski definition) is 6. The van der Waals surface area contributed by atoms with Crippen molar-refractivity contribution in [1.29, 1.82) is 0 Å². The van der Waals surface area contributed by atoms with Crippen molar-refractivity contribution < 1.29 is 9.47 Å². The molecule has 0 radical (unpaired) electrons. The molecule has 26 heavy (non-hydrogen) atoms. The predicted octanol–water partition coefficient (Wildman–Crippen LogP) is 1.30. The molecule has 0 bridgehead atoms. The van der Waals surface area contributed by atoms with E-state index in [0.29, 0.717) is 17.2 Å². The van der Waals surface area contributed by atoms with E-state index in [1.807, 2.05) is 30.3 Å². The Kier molecular flexibility index (Phi) is 6.67. The lowest BCUT2D eigenvalue weighted by atomic mass is 10.4. The van der Waals surface area contributed by atoms with Gasteiger partial charge in [-0.2, -0.15) is 0 Å². The molecular formula is C18H23N3O4S. The van der Waals surface area contributed by atoms with Gasteiger partial charge < -0.3 is 9.47 Å². The van der Waals surface area contributed by atoms with Crippen molar-refractivity contribution in [2.45, 2.75) is 23.6 Å². The smallest absolute Gasteiger partial charge is 0.331 e. The van der Waals surface area contributed by atoms with Gasteiger partial charge in [0.1, 0.15) is 6.73 Å². The molecule has 1 N–H and O–H groups in total. The van der Waals surface area contributed by atoms with Gasteiger partial charge in [-0.3, -0.25) is 19.2 Å². The molecule has 1 aliphatic heterocycles. The Morgan fingerprint density at radius 1 is 1.19 bits per heavy atom. The summed E-state index contributed by atoms with van der Waals surface area (Å²) in [5.74, 6) is 0. The van der Waals surface area contributed by atoms with Crippen LogP contribution in [0.4, 0.5) is 0 Å². The minimum Gasteiger partial charge on any atom is -0.379 e. The van der Waals surface area contributed by atoms with E-state index in [-0.39, 0.29) is 12.3 Å². The molecule has 2 aromatic rings. The zero-order valence-electron chi connectivity index (χ0n) is 14.8. The van der Waals surface area contributed by atoms with E-state index in [9.17, 15) is 9.59 Å². The van der Waals surface area contributed by atoms with Gasteiger partial charge >= 0.3 is 5.69 Å². The topological polar surface area (TPSA) is 76.6 Å². The SMILES string of the molecule is Cc1c(Sc2ccccc2)n(COCCN2CCOCC2)c(=O)[nH]c1=O. The van der Waals surface area contributed by atoms with E-state index >= 15 is 0 Å². The molecule has 140 valence electrons. The van der Waals surface area contributed by atoms with Gasteiger partial charge in [0.25, 0.3) is 5.56 Å². The van der Waals surface area contributed by atoms with Gasteiger partial charge in [0.2, 0.25) is 0 Å². The Bertz CT molecular complexity index is 829. The van der Waals surface area contributed by atoms with Crippen molar-refractivity contribution in [2.24, 2.45) is 0 Å². The van der Waals surface area contributed by atoms with Crippen LogP contribution in [0.5, 0.6) is 0 Å². The fourth-order valence-electron chi connectivity index (χ4n) is 2.67. The molecule has 0 atom stereocenters. The molecule has 8 heteroatoms. The summed E-state index contributed by atoms with van der Waals surface area (Å²) < 4.78 is 12.5. The van der Waals surface area contributed by atoms with Crippen LogP contribution >= 0.6 is 11.8 Å². The number of aromatic nitrogens is 2. The summed E-state index contributed by atoms with van der Waals surface area (Å²) in [6.07, 6.45) is 0. The van der Waals surface area contributed by atoms with Crippen molar-refractivity contribution in [3.8, 4) is 0 Å². The lowest BCUT2D eigenvalue weighted by Crippen LogP contribution is -2.39. The van der Waals surface area contributed by atoms with E-state index in [1.165, 1.54) is 16.3 Å². The van der Waals surface area contributed by atoms with Crippen LogP contribution in [0.15, 0.2) is 49.8 Å². The Morgan fingerprint density at radius 3 is 2.65 bits per heavy atom. The van der Waals surface area contributed by atoms with Gasteiger partial charge in [0.15, 0.2) is 0 Å². The van der Waals surface area contributed by atoms with Crippen molar-refractivity contribution >= 4 is 11.8 Å². The largest absolute Gasteiger partial charge is 0.379 e. The Labute approximate surface area is 155 Å². The molecule has 0 aliphatic carbocycles. The number of hydrogen-bond donors (Lipinski definition) is 1. The summed E-state index contributed by atoms with van der Waals surface area (Å²) in [6, 6.07) is 9.66. The minimum absolute atomic E-state index is 0.107. The van der Waals surface area contributed by atoms with Crippen LogP contribution in [0.2, 0.25) is 0 Å². The van der Waals surface area contributed by atoms with Gasteiger partial charge in [0.05, 0.1) is 24.8 Å². The first-order valence-electron chi connectivity index (χ1n) is 8.59. The molecule has 0 spiro atoms. The molecule has 1 aliphatic rings. The maximum Gasteiger partial charge on any atom is 0.331 e. The van der Waals surface area contributed by atoms with E-state index in [0.717, 1.165) is 37.7 Å². The summed E-state index contributed by atoms with van der Waals surface area (Å²) in [4.78, 5) is 29.9. The third-order valence-corrected chi connectivity index (χ3v) is 5.43. The monoisotopic (exact) mass is 377 g/mol. The lowest BCUT2D eigenvalue weighted by molar-refractivity contribution is 0.00687. The lowest BCUT2D eigenvalue weighted by Gasteiger charge is -2.26. The van der Waals surface area contributed by atoms with Crippen molar-refractivity contribution in [2.75, 3.05) is 39.5 Å². The molecule has 1 aromatic carbocycles. The van der Waals surface area contributed by atoms with Crippen molar-refractivity contribution in [3.63, 3.8) is 0 Å². The highest BCUT2D eigenvalue weighted by molar-refractivity contribution is 7.99. The molecule has 2 heterocycles. The van der Waals surface area contributed by atoms with Gasteiger partial charge in [-0.1, -0.05) is 30.0 Å². The van der Waals surface area contributed by atoms with Crippen LogP contribution in [-0.2, 0) is 16.2 Å². The molecule has 0 unspecified atom stereocenters. The molecule has 1 saturated heterocycles. The van der Waals surface area contributed by atoms with Crippen molar-refractivity contribution in [3.05, 3.63) is 56.7 Å². The Morgan fingerprint density at radius 2 is 1.92 bits per heavy atom. The average Bonchev–Trinajstić information content (AvgIpc) is 2.66. The predicted molar refractivity (Wildman–Crippen MR) is 99.8 cm³/mol. The maximum absolute atomic E-state index is 12.3. The summed E-state index contributed by atoms with van der Waals surface area (Å²) in [5.41, 5.74) is -0.307. The van der Waals surface area contributed by atoms with Gasteiger partial charge in [-0.25, -0.2) is 4.79 Å². The van der Waals surface area contributed by atoms with Crippen LogP contribution in [0.3, 0.4) is 0 Å². The van der Waals surface area contributed by atoms with Crippen LogP contribution in [0, 0.1) is 6.92 Å². The second-order valence-corrected chi connectivity index (χ2v) is 7.09. The first-order valence-corrected chi connectivity index (χ1v) is 9.41. The second kappa shape index (κ2) is 9.18. The molecule has 1 aromatic heterocycles. The van der Waals surface area contributed by atoms with Gasteiger partial charge in [-0.05, 0) is 19.1 Å². The number of ether oxygens (including phenoxy) is 2. The summed E-state index contributed by atoms with van der Waals surface area (Å²) in [6.45, 7) is 6.42. The quantitative estimate of drug-likeness (QED) is 0.579. The van der Waals surface area contributed by atoms with E-state index in [2.05, 4.69) is 9.88 Å². The zero-order chi connectivity index (χ0) is 18.4. The number of H-pyrrole nitrogens is 1. The third-order valence-electron chi connectivity index (χ3n) is 4.21. The van der Waals surface area contributed by atoms with Crippen LogP contribution in [-0.4, -0.2) is 53.9 Å². The number of aromatic amines is 1. The Hall–Kier alpha value is -1.87. The fraction of sp³-hybridized carbons (Fsp3) is 0.444. The molecule has 1 fully saturated rings. The number of rotatable bonds is 7. The third kappa shape index (κ3) is 4.85. The van der Waals surface area contributed by atoms with E-state index in [4.69, 9.17) is 9.47 Å². The zero-order valence-corrected chi connectivity index (χ0v) is 15.6. The summed E-state index contributed by atoms with van der Waals surface area (Å²) >= 11 is 1.39. The maximum atomic E-state index is 12.3. The molecule has 7 nitrogen and oxygen atoms in total. The van der Waals surface area contributed by atoms with Gasteiger partial charge in [0, 0.05) is 30.1 Å². The first kappa shape index (κ1) is 18.9. The van der Waals surface area contributed by atoms with E-state index in [1.54, 1.807) is 6.92 Å². The first-order chi connectivity index (χ1) is 12.6. The molecule has 3 rings (SSSR count). The standard InChI is InChI=1S/C18H23N3O4S/c1-14-16(22)19-18(23)21(17(14)26-15-5-3-2-4-6-15)13-25-12-9-20-7-10-24-11-8-20/h2-6H,7-13H2,1H3,(H,19,22,23). The highest BCUT2D eigenvalue weighted by Crippen LogP contribution is 2.27. The Balaban J connectivity index is 1.70. The normalized spacial score (nSPS) is 15.3. The fourth-order valence-corrected chi connectivity index (χ4v) is 3.68. The molecular weight excluding hydrogens is 354 g/mol. The second-order valence-electron chi connectivity index (χ2n) is 6.02. The summed E-state index contributed by atoms with van der Waals surface area (Å²) in [5, 5.41) is 0.608. The minimum atomic E-state index is -0.453.